The Morgan fingerprint density at radius 3 is 2.75 bits per heavy atom. The number of aryl methyl sites for hydroxylation is 1. The van der Waals surface area contributed by atoms with Crippen LogP contribution in [0.5, 0.6) is 0 Å². The molecule has 0 aliphatic heterocycles. The molecule has 2 nitrogen and oxygen atoms in total. The van der Waals surface area contributed by atoms with E-state index in [1.54, 1.807) is 23.1 Å². The van der Waals surface area contributed by atoms with E-state index >= 15 is 0 Å². The molecule has 0 saturated heterocycles. The van der Waals surface area contributed by atoms with Crippen molar-refractivity contribution in [3.63, 3.8) is 0 Å². The van der Waals surface area contributed by atoms with E-state index in [9.17, 15) is 9.18 Å². The van der Waals surface area contributed by atoms with Crippen molar-refractivity contribution in [2.75, 3.05) is 7.05 Å². The van der Waals surface area contributed by atoms with E-state index in [0.29, 0.717) is 24.4 Å². The van der Waals surface area contributed by atoms with Crippen molar-refractivity contribution in [3.05, 3.63) is 35.6 Å². The molecule has 0 bridgehead atoms. The van der Waals surface area contributed by atoms with E-state index in [1.165, 1.54) is 6.07 Å². The van der Waals surface area contributed by atoms with Crippen molar-refractivity contribution >= 4 is 5.91 Å². The minimum absolute atomic E-state index is 0.116. The smallest absolute Gasteiger partial charge is 0.222 e. The SMILES string of the molecule is CN(C(=O)CCc1ccccc1F)C1CC1. The van der Waals surface area contributed by atoms with Crippen LogP contribution >= 0.6 is 0 Å². The normalized spacial score (nSPS) is 14.9. The third kappa shape index (κ3) is 2.60. The Hall–Kier alpha value is -1.38. The van der Waals surface area contributed by atoms with Gasteiger partial charge in [0.25, 0.3) is 0 Å². The van der Waals surface area contributed by atoms with Crippen LogP contribution in [0.3, 0.4) is 0 Å². The lowest BCUT2D eigenvalue weighted by atomic mass is 10.1. The van der Waals surface area contributed by atoms with Gasteiger partial charge < -0.3 is 4.90 Å². The first kappa shape index (κ1) is 11.1. The van der Waals surface area contributed by atoms with Crippen LogP contribution in [0.4, 0.5) is 4.39 Å². The average Bonchev–Trinajstić information content (AvgIpc) is 3.10. The minimum Gasteiger partial charge on any atom is -0.343 e. The maximum Gasteiger partial charge on any atom is 0.222 e. The van der Waals surface area contributed by atoms with Crippen molar-refractivity contribution in [1.29, 1.82) is 0 Å². The lowest BCUT2D eigenvalue weighted by Gasteiger charge is -2.16. The first-order chi connectivity index (χ1) is 7.68. The number of carbonyl (C=O) groups is 1. The molecule has 3 heteroatoms. The number of amides is 1. The van der Waals surface area contributed by atoms with E-state index in [2.05, 4.69) is 0 Å². The van der Waals surface area contributed by atoms with Crippen LogP contribution in [0.1, 0.15) is 24.8 Å². The summed E-state index contributed by atoms with van der Waals surface area (Å²) in [7, 11) is 1.83. The molecular formula is C13H16FNO. The molecule has 1 aromatic carbocycles. The summed E-state index contributed by atoms with van der Waals surface area (Å²) in [5, 5.41) is 0. The number of hydrogen-bond donors (Lipinski definition) is 0. The van der Waals surface area contributed by atoms with Crippen LogP contribution < -0.4 is 0 Å². The van der Waals surface area contributed by atoms with Gasteiger partial charge in [0.2, 0.25) is 5.91 Å². The second-order valence-corrected chi connectivity index (χ2v) is 4.33. The number of carbonyl (C=O) groups excluding carboxylic acids is 1. The molecule has 1 aliphatic carbocycles. The first-order valence-electron chi connectivity index (χ1n) is 5.67. The van der Waals surface area contributed by atoms with E-state index in [1.807, 2.05) is 7.05 Å². The Morgan fingerprint density at radius 1 is 1.44 bits per heavy atom. The highest BCUT2D eigenvalue weighted by molar-refractivity contribution is 5.76. The van der Waals surface area contributed by atoms with Gasteiger partial charge in [0, 0.05) is 19.5 Å². The zero-order chi connectivity index (χ0) is 11.5. The lowest BCUT2D eigenvalue weighted by Crippen LogP contribution is -2.28. The predicted octanol–water partition coefficient (Wildman–Crippen LogP) is 2.38. The Kier molecular flexibility index (Phi) is 3.22. The molecular weight excluding hydrogens is 205 g/mol. The van der Waals surface area contributed by atoms with Crippen molar-refractivity contribution in [2.24, 2.45) is 0 Å². The molecule has 1 aromatic rings. The summed E-state index contributed by atoms with van der Waals surface area (Å²) >= 11 is 0. The summed E-state index contributed by atoms with van der Waals surface area (Å²) in [6, 6.07) is 7.07. The lowest BCUT2D eigenvalue weighted by molar-refractivity contribution is -0.130. The topological polar surface area (TPSA) is 20.3 Å². The quantitative estimate of drug-likeness (QED) is 0.764. The van der Waals surface area contributed by atoms with Crippen molar-refractivity contribution in [1.82, 2.24) is 4.90 Å². The van der Waals surface area contributed by atoms with Crippen LogP contribution in [-0.2, 0) is 11.2 Å². The Bertz CT molecular complexity index is 387. The molecule has 0 atom stereocenters. The molecule has 1 fully saturated rings. The Balaban J connectivity index is 1.87. The van der Waals surface area contributed by atoms with Gasteiger partial charge in [-0.15, -0.1) is 0 Å². The minimum atomic E-state index is -0.218. The molecule has 0 spiro atoms. The number of hydrogen-bond acceptors (Lipinski definition) is 1. The summed E-state index contributed by atoms with van der Waals surface area (Å²) in [6.45, 7) is 0. The van der Waals surface area contributed by atoms with Crippen molar-refractivity contribution < 1.29 is 9.18 Å². The summed E-state index contributed by atoms with van der Waals surface area (Å²) in [4.78, 5) is 13.5. The molecule has 0 unspecified atom stereocenters. The monoisotopic (exact) mass is 221 g/mol. The van der Waals surface area contributed by atoms with Crippen LogP contribution in [0.2, 0.25) is 0 Å². The predicted molar refractivity (Wildman–Crippen MR) is 60.5 cm³/mol. The van der Waals surface area contributed by atoms with E-state index in [-0.39, 0.29) is 11.7 Å². The van der Waals surface area contributed by atoms with Crippen LogP contribution in [0.25, 0.3) is 0 Å². The van der Waals surface area contributed by atoms with Crippen molar-refractivity contribution in [2.45, 2.75) is 31.7 Å². The first-order valence-corrected chi connectivity index (χ1v) is 5.67. The highest BCUT2D eigenvalue weighted by Gasteiger charge is 2.29. The van der Waals surface area contributed by atoms with E-state index in [0.717, 1.165) is 12.8 Å². The van der Waals surface area contributed by atoms with Gasteiger partial charge in [-0.3, -0.25) is 4.79 Å². The molecule has 1 amide bonds. The largest absolute Gasteiger partial charge is 0.343 e. The average molecular weight is 221 g/mol. The molecule has 0 aromatic heterocycles. The van der Waals surface area contributed by atoms with Gasteiger partial charge >= 0.3 is 0 Å². The van der Waals surface area contributed by atoms with Crippen LogP contribution in [0, 0.1) is 5.82 Å². The molecule has 1 aliphatic rings. The summed E-state index contributed by atoms with van der Waals surface area (Å²) in [6.07, 6.45) is 3.11. The van der Waals surface area contributed by atoms with Crippen molar-refractivity contribution in [3.8, 4) is 0 Å². The summed E-state index contributed by atoms with van der Waals surface area (Å²) in [5.41, 5.74) is 0.625. The summed E-state index contributed by atoms with van der Waals surface area (Å²) in [5.74, 6) is -0.102. The zero-order valence-corrected chi connectivity index (χ0v) is 9.45. The molecule has 0 N–H and O–H groups in total. The van der Waals surface area contributed by atoms with Gasteiger partial charge in [0.1, 0.15) is 5.82 Å². The van der Waals surface area contributed by atoms with Crippen LogP contribution in [-0.4, -0.2) is 23.9 Å². The number of rotatable bonds is 4. The number of benzene rings is 1. The molecule has 0 heterocycles. The highest BCUT2D eigenvalue weighted by Crippen LogP contribution is 2.26. The number of halogens is 1. The van der Waals surface area contributed by atoms with Gasteiger partial charge in [-0.25, -0.2) is 4.39 Å². The fourth-order valence-electron chi connectivity index (χ4n) is 1.78. The van der Waals surface area contributed by atoms with Gasteiger partial charge in [0.15, 0.2) is 0 Å². The van der Waals surface area contributed by atoms with Gasteiger partial charge in [0.05, 0.1) is 0 Å². The van der Waals surface area contributed by atoms with E-state index < -0.39 is 0 Å². The molecule has 86 valence electrons. The third-order valence-corrected chi connectivity index (χ3v) is 3.05. The maximum atomic E-state index is 13.3. The standard InChI is InChI=1S/C13H16FNO/c1-15(11-7-8-11)13(16)9-6-10-4-2-3-5-12(10)14/h2-5,11H,6-9H2,1H3. The number of nitrogens with zero attached hydrogens (tertiary/aromatic N) is 1. The molecule has 16 heavy (non-hydrogen) atoms. The summed E-state index contributed by atoms with van der Waals surface area (Å²) < 4.78 is 13.3. The van der Waals surface area contributed by atoms with Gasteiger partial charge in [-0.05, 0) is 30.9 Å². The third-order valence-electron chi connectivity index (χ3n) is 3.05. The Morgan fingerprint density at radius 2 is 2.12 bits per heavy atom. The van der Waals surface area contributed by atoms with Crippen LogP contribution in [0.15, 0.2) is 24.3 Å². The van der Waals surface area contributed by atoms with Gasteiger partial charge in [-0.2, -0.15) is 0 Å². The van der Waals surface area contributed by atoms with E-state index in [4.69, 9.17) is 0 Å². The highest BCUT2D eigenvalue weighted by atomic mass is 19.1. The second kappa shape index (κ2) is 4.64. The second-order valence-electron chi connectivity index (χ2n) is 4.33. The Labute approximate surface area is 95.1 Å². The zero-order valence-electron chi connectivity index (χ0n) is 9.45. The molecule has 2 rings (SSSR count). The fraction of sp³-hybridized carbons (Fsp3) is 0.462. The molecule has 1 saturated carbocycles. The maximum absolute atomic E-state index is 13.3. The fourth-order valence-corrected chi connectivity index (χ4v) is 1.78. The molecule has 0 radical (unpaired) electrons. The van der Waals surface area contributed by atoms with Gasteiger partial charge in [-0.1, -0.05) is 18.2 Å².